The van der Waals surface area contributed by atoms with Crippen molar-refractivity contribution < 1.29 is 19.0 Å². The number of hydrogen-bond acceptors (Lipinski definition) is 4. The van der Waals surface area contributed by atoms with Gasteiger partial charge in [-0.15, -0.1) is 0 Å². The van der Waals surface area contributed by atoms with Crippen LogP contribution in [0.1, 0.15) is 6.42 Å². The maximum atomic E-state index is 9.91. The number of carbonyl (C=O) groups excluding carboxylic acids is 1. The zero-order chi connectivity index (χ0) is 7.68. The van der Waals surface area contributed by atoms with Gasteiger partial charge in [-0.05, 0) is 6.42 Å². The molecule has 0 bridgehead atoms. The smallest absolute Gasteiger partial charge is 0.417 e. The molecule has 0 spiro atoms. The average molecular weight is 157 g/mol. The summed E-state index contributed by atoms with van der Waals surface area (Å²) in [5, 5.41) is 0. The largest absolute Gasteiger partial charge is 0.451 e. The van der Waals surface area contributed by atoms with Crippen LogP contribution in [0.25, 0.3) is 0 Å². The summed E-state index contributed by atoms with van der Waals surface area (Å²) in [7, 11) is 0. The second kappa shape index (κ2) is 2.79. The highest BCUT2D eigenvalue weighted by molar-refractivity contribution is 5.38. The Labute approximate surface area is 64.4 Å². The van der Waals surface area contributed by atoms with Gasteiger partial charge in [-0.1, -0.05) is 0 Å². The van der Waals surface area contributed by atoms with E-state index in [2.05, 4.69) is 0 Å². The van der Waals surface area contributed by atoms with Gasteiger partial charge in [0.1, 0.15) is 6.10 Å². The number of hydrogen-bond donors (Lipinski definition) is 0. The zero-order valence-corrected chi connectivity index (χ0v) is 5.99. The van der Waals surface area contributed by atoms with Crippen molar-refractivity contribution >= 4 is 6.47 Å². The molecule has 61 valence electrons. The lowest BCUT2D eigenvalue weighted by Gasteiger charge is -2.10. The summed E-state index contributed by atoms with van der Waals surface area (Å²) < 4.78 is 15.1. The molecule has 2 fully saturated rings. The van der Waals surface area contributed by atoms with Gasteiger partial charge in [0.2, 0.25) is 0 Å². The third-order valence-electron chi connectivity index (χ3n) is 2.18. The quantitative estimate of drug-likeness (QED) is 0.558. The van der Waals surface area contributed by atoms with Gasteiger partial charge in [-0.25, -0.2) is 4.79 Å². The van der Waals surface area contributed by atoms with E-state index in [0.29, 0.717) is 13.2 Å². The van der Waals surface area contributed by atoms with Gasteiger partial charge in [0.05, 0.1) is 19.1 Å². The Kier molecular flexibility index (Phi) is 1.79. The number of fused-ring (bicyclic) bond motifs is 1. The first-order chi connectivity index (χ1) is 5.42. The second-order valence-corrected chi connectivity index (χ2v) is 2.76. The van der Waals surface area contributed by atoms with Crippen LogP contribution in [0.5, 0.6) is 0 Å². The van der Waals surface area contributed by atoms with Gasteiger partial charge < -0.3 is 14.2 Å². The molecular weight excluding hydrogens is 148 g/mol. The Morgan fingerprint density at radius 1 is 1.45 bits per heavy atom. The van der Waals surface area contributed by atoms with Crippen LogP contribution in [0.3, 0.4) is 0 Å². The van der Waals surface area contributed by atoms with Crippen LogP contribution in [0, 0.1) is 5.92 Å². The predicted octanol–water partition coefficient (Wildman–Crippen LogP) is -0.168. The lowest BCUT2D eigenvalue weighted by atomic mass is 10.0. The highest BCUT2D eigenvalue weighted by Crippen LogP contribution is 2.32. The summed E-state index contributed by atoms with van der Waals surface area (Å²) in [5.41, 5.74) is 0. The van der Waals surface area contributed by atoms with Crippen molar-refractivity contribution in [1.29, 1.82) is 0 Å². The molecule has 2 saturated heterocycles. The van der Waals surface area contributed by atoms with Crippen LogP contribution in [-0.2, 0) is 19.0 Å². The van der Waals surface area contributed by atoms with Gasteiger partial charge in [0, 0.05) is 0 Å². The second-order valence-electron chi connectivity index (χ2n) is 2.76. The third-order valence-corrected chi connectivity index (χ3v) is 2.18. The molecule has 0 aromatic rings. The van der Waals surface area contributed by atoms with Crippen molar-refractivity contribution in [3.8, 4) is 0 Å². The summed E-state index contributed by atoms with van der Waals surface area (Å²) in [6, 6.07) is 0. The molecule has 2 aliphatic rings. The van der Waals surface area contributed by atoms with E-state index in [1.54, 1.807) is 0 Å². The molecule has 0 amide bonds. The van der Waals surface area contributed by atoms with E-state index in [-0.39, 0.29) is 18.3 Å². The van der Waals surface area contributed by atoms with E-state index in [1.807, 2.05) is 0 Å². The lowest BCUT2D eigenvalue weighted by Crippen LogP contribution is -2.22. The lowest BCUT2D eigenvalue weighted by molar-refractivity contribution is -0.0906. The van der Waals surface area contributed by atoms with Crippen molar-refractivity contribution in [3.63, 3.8) is 0 Å². The molecular formula is C7H9O4. The molecule has 4 heteroatoms. The van der Waals surface area contributed by atoms with Gasteiger partial charge in [-0.3, -0.25) is 0 Å². The standard InChI is InChI=1S/C7H9O4/c8-4-11-6-3-10-7-5(6)1-2-9-7/h5-7H,1-3H2/t5-,6-,7+/m0/s1. The number of rotatable bonds is 2. The fourth-order valence-electron chi connectivity index (χ4n) is 1.61. The molecule has 0 unspecified atom stereocenters. The zero-order valence-electron chi connectivity index (χ0n) is 5.99. The summed E-state index contributed by atoms with van der Waals surface area (Å²) in [5.74, 6) is 0.233. The minimum atomic E-state index is -0.145. The van der Waals surface area contributed by atoms with E-state index < -0.39 is 0 Å². The molecule has 0 aliphatic carbocycles. The summed E-state index contributed by atoms with van der Waals surface area (Å²) in [6.45, 7) is 2.59. The van der Waals surface area contributed by atoms with Crippen LogP contribution in [0.15, 0.2) is 0 Å². The summed E-state index contributed by atoms with van der Waals surface area (Å²) >= 11 is 0. The molecule has 4 nitrogen and oxygen atoms in total. The monoisotopic (exact) mass is 157 g/mol. The molecule has 1 radical (unpaired) electrons. The van der Waals surface area contributed by atoms with Crippen LogP contribution in [0.4, 0.5) is 0 Å². The van der Waals surface area contributed by atoms with Crippen LogP contribution in [0.2, 0.25) is 0 Å². The molecule has 3 atom stereocenters. The molecule has 11 heavy (non-hydrogen) atoms. The molecule has 0 aromatic heterocycles. The minimum absolute atomic E-state index is 0.139. The maximum Gasteiger partial charge on any atom is 0.417 e. The van der Waals surface area contributed by atoms with Gasteiger partial charge in [0.15, 0.2) is 6.29 Å². The van der Waals surface area contributed by atoms with Crippen LogP contribution in [-0.4, -0.2) is 32.1 Å². The maximum absolute atomic E-state index is 9.91. The van der Waals surface area contributed by atoms with Crippen molar-refractivity contribution in [3.05, 3.63) is 0 Å². The van der Waals surface area contributed by atoms with E-state index in [1.165, 1.54) is 6.47 Å². The molecule has 2 heterocycles. The SMILES string of the molecule is O=[C]O[C@H]1CO[C@H]2OCC[C@H]21. The topological polar surface area (TPSA) is 44.8 Å². The van der Waals surface area contributed by atoms with E-state index >= 15 is 0 Å². The summed E-state index contributed by atoms with van der Waals surface area (Å²) in [4.78, 5) is 9.91. The third kappa shape index (κ3) is 1.12. The number of ether oxygens (including phenoxy) is 3. The Morgan fingerprint density at radius 2 is 2.36 bits per heavy atom. The van der Waals surface area contributed by atoms with Crippen LogP contribution >= 0.6 is 0 Å². The summed E-state index contributed by atoms with van der Waals surface area (Å²) in [6.07, 6.45) is 0.630. The van der Waals surface area contributed by atoms with E-state index in [9.17, 15) is 4.79 Å². The van der Waals surface area contributed by atoms with Gasteiger partial charge in [0.25, 0.3) is 0 Å². The minimum Gasteiger partial charge on any atom is -0.451 e. The highest BCUT2D eigenvalue weighted by atomic mass is 16.7. The first kappa shape index (κ1) is 7.06. The van der Waals surface area contributed by atoms with E-state index in [0.717, 1.165) is 6.42 Å². The normalized spacial score (nSPS) is 42.0. The van der Waals surface area contributed by atoms with Crippen molar-refractivity contribution in [2.75, 3.05) is 13.2 Å². The van der Waals surface area contributed by atoms with Gasteiger partial charge >= 0.3 is 6.47 Å². The Balaban J connectivity index is 1.97. The van der Waals surface area contributed by atoms with Crippen molar-refractivity contribution in [2.45, 2.75) is 18.8 Å². The van der Waals surface area contributed by atoms with Crippen LogP contribution < -0.4 is 0 Å². The fourth-order valence-corrected chi connectivity index (χ4v) is 1.61. The van der Waals surface area contributed by atoms with Crippen molar-refractivity contribution in [1.82, 2.24) is 0 Å². The average Bonchev–Trinajstić information content (AvgIpc) is 2.53. The van der Waals surface area contributed by atoms with E-state index in [4.69, 9.17) is 14.2 Å². The highest BCUT2D eigenvalue weighted by Gasteiger charge is 2.42. The Morgan fingerprint density at radius 3 is 3.18 bits per heavy atom. The first-order valence-corrected chi connectivity index (χ1v) is 3.68. The molecule has 0 saturated carbocycles. The molecule has 0 N–H and O–H groups in total. The van der Waals surface area contributed by atoms with Crippen molar-refractivity contribution in [2.24, 2.45) is 5.92 Å². The molecule has 2 rings (SSSR count). The Hall–Kier alpha value is -0.610. The first-order valence-electron chi connectivity index (χ1n) is 3.68. The molecule has 2 aliphatic heterocycles. The predicted molar refractivity (Wildman–Crippen MR) is 34.4 cm³/mol. The Bertz CT molecular complexity index is 159. The molecule has 0 aromatic carbocycles. The fraction of sp³-hybridized carbons (Fsp3) is 0.857. The van der Waals surface area contributed by atoms with Gasteiger partial charge in [-0.2, -0.15) is 0 Å².